The molecule has 0 aromatic carbocycles. The summed E-state index contributed by atoms with van der Waals surface area (Å²) in [5, 5.41) is 7.84. The Bertz CT molecular complexity index is 551. The fourth-order valence-electron chi connectivity index (χ4n) is 1.71. The third-order valence-corrected chi connectivity index (χ3v) is 3.67. The number of hydrogen-bond donors (Lipinski definition) is 1. The first-order chi connectivity index (χ1) is 9.02. The van der Waals surface area contributed by atoms with Crippen LogP contribution >= 0.6 is 23.4 Å². The summed E-state index contributed by atoms with van der Waals surface area (Å²) in [5.41, 5.74) is 7.69. The van der Waals surface area contributed by atoms with Crippen LogP contribution in [0.15, 0.2) is 16.2 Å². The third kappa shape index (κ3) is 3.39. The van der Waals surface area contributed by atoms with Crippen LogP contribution in [0.1, 0.15) is 25.1 Å². The number of nitrogen functional groups attached to an aromatic ring is 1. The highest BCUT2D eigenvalue weighted by atomic mass is 35.5. The number of nitrogens with two attached hydrogens (primary N) is 1. The first-order valence-electron chi connectivity index (χ1n) is 5.99. The van der Waals surface area contributed by atoms with Crippen LogP contribution < -0.4 is 10.7 Å². The van der Waals surface area contributed by atoms with Gasteiger partial charge in [0, 0.05) is 22.0 Å². The van der Waals surface area contributed by atoms with Crippen molar-refractivity contribution in [2.24, 2.45) is 5.10 Å². The normalized spacial score (nSPS) is 14.6. The van der Waals surface area contributed by atoms with Gasteiger partial charge in [0.1, 0.15) is 0 Å². The number of allylic oxidation sites excluding steroid dienone is 1. The smallest absolute Gasteiger partial charge is 0.222 e. The second-order valence-corrected chi connectivity index (χ2v) is 5.70. The topological polar surface area (TPSA) is 67.2 Å². The van der Waals surface area contributed by atoms with Crippen molar-refractivity contribution < 1.29 is 0 Å². The van der Waals surface area contributed by atoms with Crippen molar-refractivity contribution in [3.8, 4) is 0 Å². The average molecular weight is 298 g/mol. The van der Waals surface area contributed by atoms with Gasteiger partial charge in [0.15, 0.2) is 5.82 Å². The van der Waals surface area contributed by atoms with E-state index >= 15 is 0 Å². The Kier molecular flexibility index (Phi) is 4.31. The van der Waals surface area contributed by atoms with Gasteiger partial charge in [0.25, 0.3) is 0 Å². The molecular formula is C12H16ClN5S. The Labute approximate surface area is 121 Å². The average Bonchev–Trinajstić information content (AvgIpc) is 3.07. The van der Waals surface area contributed by atoms with Crippen molar-refractivity contribution in [3.05, 3.63) is 22.4 Å². The molecule has 102 valence electrons. The van der Waals surface area contributed by atoms with Gasteiger partial charge in [-0.05, 0) is 20.3 Å². The summed E-state index contributed by atoms with van der Waals surface area (Å²) in [4.78, 5) is 8.46. The SMILES string of the molecule is CCc1c(C)nc(N)nc1N1N=C1SC/C=C(/C)Cl. The fourth-order valence-corrected chi connectivity index (χ4v) is 2.71. The van der Waals surface area contributed by atoms with Crippen molar-refractivity contribution in [2.45, 2.75) is 27.2 Å². The van der Waals surface area contributed by atoms with Gasteiger partial charge < -0.3 is 5.73 Å². The molecule has 1 aromatic rings. The fraction of sp³-hybridized carbons (Fsp3) is 0.417. The van der Waals surface area contributed by atoms with Gasteiger partial charge in [0.05, 0.1) is 0 Å². The molecule has 1 aliphatic heterocycles. The minimum absolute atomic E-state index is 0.285. The summed E-state index contributed by atoms with van der Waals surface area (Å²) in [5.74, 6) is 1.88. The summed E-state index contributed by atoms with van der Waals surface area (Å²) in [7, 11) is 0. The molecule has 0 fully saturated rings. The molecule has 0 saturated carbocycles. The van der Waals surface area contributed by atoms with E-state index in [0.717, 1.165) is 39.4 Å². The molecule has 0 bridgehead atoms. The quantitative estimate of drug-likeness (QED) is 0.925. The molecule has 0 radical (unpaired) electrons. The first kappa shape index (κ1) is 14.1. The molecule has 5 nitrogen and oxygen atoms in total. The molecule has 0 spiro atoms. The number of hydrogen-bond acceptors (Lipinski definition) is 6. The van der Waals surface area contributed by atoms with E-state index in [1.807, 2.05) is 24.9 Å². The second kappa shape index (κ2) is 5.79. The standard InChI is InChI=1S/C12H16ClN5S/c1-4-9-8(3)15-11(14)16-10(9)18-12(17-18)19-6-5-7(2)13/h5H,4,6H2,1-3H3,(H2,14,15,16)/b7-5-. The van der Waals surface area contributed by atoms with Gasteiger partial charge in [-0.15, -0.1) is 5.10 Å². The summed E-state index contributed by atoms with van der Waals surface area (Å²) in [6.07, 6.45) is 2.80. The number of rotatable bonds is 4. The van der Waals surface area contributed by atoms with Crippen molar-refractivity contribution in [1.82, 2.24) is 9.97 Å². The Morgan fingerprint density at radius 2 is 2.21 bits per heavy atom. The first-order valence-corrected chi connectivity index (χ1v) is 7.36. The number of halogens is 1. The lowest BCUT2D eigenvalue weighted by molar-refractivity contribution is 0.990. The van der Waals surface area contributed by atoms with E-state index in [0.29, 0.717) is 0 Å². The lowest BCUT2D eigenvalue weighted by Gasteiger charge is -2.10. The molecule has 7 heteroatoms. The number of aryl methyl sites for hydroxylation is 1. The molecule has 2 rings (SSSR count). The molecule has 0 amide bonds. The summed E-state index contributed by atoms with van der Waals surface area (Å²) < 4.78 is 0. The number of aromatic nitrogens is 2. The molecule has 0 unspecified atom stereocenters. The molecule has 0 saturated heterocycles. The monoisotopic (exact) mass is 297 g/mol. The minimum Gasteiger partial charge on any atom is -0.368 e. The molecule has 1 aromatic heterocycles. The number of thioether (sulfide) groups is 1. The van der Waals surface area contributed by atoms with Crippen molar-refractivity contribution in [2.75, 3.05) is 16.5 Å². The van der Waals surface area contributed by atoms with Crippen LogP contribution in [0.4, 0.5) is 11.8 Å². The van der Waals surface area contributed by atoms with Gasteiger partial charge in [0.2, 0.25) is 11.1 Å². The highest BCUT2D eigenvalue weighted by Crippen LogP contribution is 2.32. The van der Waals surface area contributed by atoms with Gasteiger partial charge in [-0.1, -0.05) is 36.4 Å². The van der Waals surface area contributed by atoms with Crippen LogP contribution in [-0.2, 0) is 6.42 Å². The minimum atomic E-state index is 0.285. The van der Waals surface area contributed by atoms with Crippen molar-refractivity contribution in [1.29, 1.82) is 0 Å². The highest BCUT2D eigenvalue weighted by Gasteiger charge is 2.30. The summed E-state index contributed by atoms with van der Waals surface area (Å²) in [6, 6.07) is 0. The largest absolute Gasteiger partial charge is 0.368 e. The van der Waals surface area contributed by atoms with Crippen molar-refractivity contribution >= 4 is 40.3 Å². The van der Waals surface area contributed by atoms with Crippen LogP contribution in [0.3, 0.4) is 0 Å². The number of amidine groups is 1. The molecule has 0 aliphatic carbocycles. The van der Waals surface area contributed by atoms with E-state index < -0.39 is 0 Å². The molecule has 2 heterocycles. The lowest BCUT2D eigenvalue weighted by Crippen LogP contribution is -2.11. The zero-order chi connectivity index (χ0) is 14.0. The molecule has 2 N–H and O–H groups in total. The van der Waals surface area contributed by atoms with Crippen LogP contribution in [0.25, 0.3) is 0 Å². The maximum Gasteiger partial charge on any atom is 0.222 e. The lowest BCUT2D eigenvalue weighted by atomic mass is 10.2. The maximum atomic E-state index is 5.78. The predicted octanol–water partition coefficient (Wildman–Crippen LogP) is 2.90. The van der Waals surface area contributed by atoms with E-state index in [9.17, 15) is 0 Å². The summed E-state index contributed by atoms with van der Waals surface area (Å²) in [6.45, 7) is 5.87. The number of anilines is 2. The predicted molar refractivity (Wildman–Crippen MR) is 82.5 cm³/mol. The Morgan fingerprint density at radius 1 is 1.47 bits per heavy atom. The number of nitrogens with zero attached hydrogens (tertiary/aromatic N) is 4. The molecule has 0 atom stereocenters. The third-order valence-electron chi connectivity index (χ3n) is 2.67. The summed E-state index contributed by atoms with van der Waals surface area (Å²) >= 11 is 7.40. The maximum absolute atomic E-state index is 5.78. The van der Waals surface area contributed by atoms with E-state index in [1.54, 1.807) is 11.8 Å². The van der Waals surface area contributed by atoms with Gasteiger partial charge in [-0.25, -0.2) is 4.98 Å². The Morgan fingerprint density at radius 3 is 2.84 bits per heavy atom. The molecule has 19 heavy (non-hydrogen) atoms. The highest BCUT2D eigenvalue weighted by molar-refractivity contribution is 8.14. The van der Waals surface area contributed by atoms with Gasteiger partial charge >= 0.3 is 0 Å². The van der Waals surface area contributed by atoms with Gasteiger partial charge in [-0.3, -0.25) is 0 Å². The van der Waals surface area contributed by atoms with Crippen LogP contribution in [0.2, 0.25) is 0 Å². The molecular weight excluding hydrogens is 282 g/mol. The molecule has 1 aliphatic rings. The van der Waals surface area contributed by atoms with E-state index in [2.05, 4.69) is 22.0 Å². The van der Waals surface area contributed by atoms with Crippen LogP contribution in [0, 0.1) is 6.92 Å². The zero-order valence-electron chi connectivity index (χ0n) is 11.1. The van der Waals surface area contributed by atoms with E-state index in [4.69, 9.17) is 17.3 Å². The van der Waals surface area contributed by atoms with Crippen molar-refractivity contribution in [3.63, 3.8) is 0 Å². The Balaban J connectivity index is 2.07. The van der Waals surface area contributed by atoms with Crippen LogP contribution in [-0.4, -0.2) is 20.9 Å². The zero-order valence-corrected chi connectivity index (χ0v) is 12.7. The Hall–Kier alpha value is -1.27. The number of hydrazone groups is 1. The van der Waals surface area contributed by atoms with E-state index in [-0.39, 0.29) is 5.95 Å². The van der Waals surface area contributed by atoms with Crippen LogP contribution in [0.5, 0.6) is 0 Å². The van der Waals surface area contributed by atoms with Gasteiger partial charge in [-0.2, -0.15) is 9.99 Å². The second-order valence-electron chi connectivity index (χ2n) is 4.12. The van der Waals surface area contributed by atoms with E-state index in [1.165, 1.54) is 0 Å².